The number of hydrogen-bond donors (Lipinski definition) is 3. The highest BCUT2D eigenvalue weighted by molar-refractivity contribution is 7.47. The van der Waals surface area contributed by atoms with E-state index in [4.69, 9.17) is 37.0 Å². The lowest BCUT2D eigenvalue weighted by Crippen LogP contribution is -2.30. The molecule has 0 aromatic heterocycles. The van der Waals surface area contributed by atoms with Gasteiger partial charge in [-0.3, -0.25) is 37.3 Å². The van der Waals surface area contributed by atoms with E-state index in [2.05, 4.69) is 55.4 Å². The summed E-state index contributed by atoms with van der Waals surface area (Å²) in [6.07, 6.45) is 31.2. The number of carbonyl (C=O) groups excluding carboxylic acids is 4. The van der Waals surface area contributed by atoms with Gasteiger partial charge in [0.2, 0.25) is 0 Å². The molecule has 81 heavy (non-hydrogen) atoms. The molecule has 5 atom stereocenters. The van der Waals surface area contributed by atoms with Crippen LogP contribution in [0.1, 0.15) is 293 Å². The monoisotopic (exact) mass is 1200 g/mol. The molecular weight excluding hydrogens is 1080 g/mol. The van der Waals surface area contributed by atoms with Crippen molar-refractivity contribution in [3.8, 4) is 0 Å². The standard InChI is InChI=1S/C62H120O17P2/c1-52(2)38-30-22-14-11-9-10-12-16-26-34-42-59(64)72-48-57(78-61(66)44-36-28-17-13-15-23-31-39-53(3)4)50-76-80(68,69)74-46-56(63)47-75-81(70,71)77-51-58(79-62(67)45-37-29-21-19-25-33-41-55(7)8)49-73-60(65)43-35-27-20-18-24-32-40-54(5)6/h52-58,63H,9-51H2,1-8H3,(H,68,69)(H,70,71)/t56-,57-,58-/m1/s1. The molecular formula is C62H120O17P2. The molecule has 3 N–H and O–H groups in total. The van der Waals surface area contributed by atoms with Gasteiger partial charge in [0.1, 0.15) is 19.3 Å². The van der Waals surface area contributed by atoms with Gasteiger partial charge >= 0.3 is 39.5 Å². The van der Waals surface area contributed by atoms with Crippen molar-refractivity contribution >= 4 is 39.5 Å². The first kappa shape index (κ1) is 79.1. The van der Waals surface area contributed by atoms with E-state index in [0.29, 0.717) is 43.4 Å². The molecule has 0 saturated carbocycles. The van der Waals surface area contributed by atoms with Crippen molar-refractivity contribution in [3.63, 3.8) is 0 Å². The summed E-state index contributed by atoms with van der Waals surface area (Å²) in [6, 6.07) is 0. The molecule has 0 radical (unpaired) electrons. The van der Waals surface area contributed by atoms with E-state index in [9.17, 15) is 43.2 Å². The number of aliphatic hydroxyl groups excluding tert-OH is 1. The van der Waals surface area contributed by atoms with Gasteiger partial charge in [0.15, 0.2) is 12.2 Å². The second-order valence-electron chi connectivity index (χ2n) is 24.3. The quantitative estimate of drug-likeness (QED) is 0.0222. The normalized spacial score (nSPS) is 14.5. The van der Waals surface area contributed by atoms with Gasteiger partial charge in [-0.25, -0.2) is 9.13 Å². The third-order valence-corrected chi connectivity index (χ3v) is 16.0. The van der Waals surface area contributed by atoms with E-state index in [1.807, 2.05) is 0 Å². The van der Waals surface area contributed by atoms with Crippen LogP contribution >= 0.6 is 15.6 Å². The molecule has 0 rings (SSSR count). The number of esters is 4. The fraction of sp³-hybridized carbons (Fsp3) is 0.935. The smallest absolute Gasteiger partial charge is 0.462 e. The largest absolute Gasteiger partial charge is 0.472 e. The molecule has 19 heteroatoms. The van der Waals surface area contributed by atoms with Crippen LogP contribution in [0, 0.1) is 23.7 Å². The maximum Gasteiger partial charge on any atom is 0.472 e. The number of hydrogen-bond acceptors (Lipinski definition) is 15. The molecule has 0 bridgehead atoms. The number of ether oxygens (including phenoxy) is 4. The lowest BCUT2D eigenvalue weighted by molar-refractivity contribution is -0.161. The van der Waals surface area contributed by atoms with E-state index < -0.39 is 97.5 Å². The first-order chi connectivity index (χ1) is 38.6. The summed E-state index contributed by atoms with van der Waals surface area (Å²) < 4.78 is 67.8. The van der Waals surface area contributed by atoms with Crippen LogP contribution in [0.5, 0.6) is 0 Å². The van der Waals surface area contributed by atoms with Gasteiger partial charge in [0.05, 0.1) is 26.4 Å². The van der Waals surface area contributed by atoms with Gasteiger partial charge in [-0.1, -0.05) is 242 Å². The predicted octanol–water partition coefficient (Wildman–Crippen LogP) is 16.6. The SMILES string of the molecule is CC(C)CCCCCCCCCCCCC(=O)OC[C@H](COP(=O)(O)OC[C@@H](O)COP(=O)(O)OC[C@@H](COC(=O)CCCCCCCCC(C)C)OC(=O)CCCCCCCCC(C)C)OC(=O)CCCCCCCCCC(C)C. The Morgan fingerprint density at radius 1 is 0.309 bits per heavy atom. The number of rotatable bonds is 59. The van der Waals surface area contributed by atoms with Gasteiger partial charge in [-0.2, -0.15) is 0 Å². The topological polar surface area (TPSA) is 237 Å². The van der Waals surface area contributed by atoms with Crippen LogP contribution in [0.15, 0.2) is 0 Å². The molecule has 0 amide bonds. The highest BCUT2D eigenvalue weighted by Crippen LogP contribution is 2.45. The van der Waals surface area contributed by atoms with Crippen LogP contribution in [0.2, 0.25) is 0 Å². The average molecular weight is 1200 g/mol. The molecule has 0 aromatic carbocycles. The number of unbranched alkanes of at least 4 members (excludes halogenated alkanes) is 25. The number of aliphatic hydroxyl groups is 1. The summed E-state index contributed by atoms with van der Waals surface area (Å²) in [5.74, 6) is 0.655. The number of carbonyl (C=O) groups is 4. The summed E-state index contributed by atoms with van der Waals surface area (Å²) in [4.78, 5) is 72.0. The molecule has 480 valence electrons. The van der Waals surface area contributed by atoms with Crippen LogP contribution in [0.3, 0.4) is 0 Å². The van der Waals surface area contributed by atoms with Crippen molar-refractivity contribution in [3.05, 3.63) is 0 Å². The van der Waals surface area contributed by atoms with E-state index in [1.165, 1.54) is 89.9 Å². The van der Waals surface area contributed by atoms with Gasteiger partial charge in [0.25, 0.3) is 0 Å². The minimum Gasteiger partial charge on any atom is -0.462 e. The Hall–Kier alpha value is -1.94. The van der Waals surface area contributed by atoms with Crippen molar-refractivity contribution in [2.24, 2.45) is 23.7 Å². The summed E-state index contributed by atoms with van der Waals surface area (Å²) in [6.45, 7) is 13.8. The van der Waals surface area contributed by atoms with Gasteiger partial charge in [0, 0.05) is 25.7 Å². The summed E-state index contributed by atoms with van der Waals surface area (Å²) in [7, 11) is -9.88. The molecule has 0 saturated heterocycles. The zero-order chi connectivity index (χ0) is 60.4. The van der Waals surface area contributed by atoms with Crippen LogP contribution in [0.25, 0.3) is 0 Å². The molecule has 17 nitrogen and oxygen atoms in total. The zero-order valence-corrected chi connectivity index (χ0v) is 54.2. The predicted molar refractivity (Wildman–Crippen MR) is 321 cm³/mol. The van der Waals surface area contributed by atoms with E-state index in [0.717, 1.165) is 102 Å². The van der Waals surface area contributed by atoms with E-state index in [-0.39, 0.29) is 25.7 Å². The van der Waals surface area contributed by atoms with Crippen molar-refractivity contribution in [2.45, 2.75) is 311 Å². The maximum absolute atomic E-state index is 12.9. The Morgan fingerprint density at radius 3 is 0.765 bits per heavy atom. The Kier molecular flexibility index (Phi) is 51.1. The Labute approximate surface area is 492 Å². The summed E-state index contributed by atoms with van der Waals surface area (Å²) >= 11 is 0. The summed E-state index contributed by atoms with van der Waals surface area (Å²) in [5, 5.41) is 10.5. The van der Waals surface area contributed by atoms with Crippen molar-refractivity contribution in [1.29, 1.82) is 0 Å². The van der Waals surface area contributed by atoms with Gasteiger partial charge in [-0.05, 0) is 49.4 Å². The lowest BCUT2D eigenvalue weighted by atomic mass is 10.0. The van der Waals surface area contributed by atoms with Crippen LogP contribution < -0.4 is 0 Å². The number of phosphoric acid groups is 2. The second-order valence-corrected chi connectivity index (χ2v) is 27.3. The van der Waals surface area contributed by atoms with Gasteiger partial charge < -0.3 is 33.8 Å². The first-order valence-corrected chi connectivity index (χ1v) is 35.2. The van der Waals surface area contributed by atoms with Crippen molar-refractivity contribution in [2.75, 3.05) is 39.6 Å². The summed E-state index contributed by atoms with van der Waals surface area (Å²) in [5.41, 5.74) is 0. The fourth-order valence-electron chi connectivity index (χ4n) is 9.08. The molecule has 0 aliphatic heterocycles. The Balaban J connectivity index is 5.23. The van der Waals surface area contributed by atoms with E-state index in [1.54, 1.807) is 0 Å². The molecule has 2 unspecified atom stereocenters. The van der Waals surface area contributed by atoms with E-state index >= 15 is 0 Å². The van der Waals surface area contributed by atoms with Crippen LogP contribution in [-0.2, 0) is 65.4 Å². The molecule has 0 spiro atoms. The minimum atomic E-state index is -4.94. The van der Waals surface area contributed by atoms with Crippen LogP contribution in [0.4, 0.5) is 0 Å². The highest BCUT2D eigenvalue weighted by Gasteiger charge is 2.30. The zero-order valence-electron chi connectivity index (χ0n) is 52.4. The average Bonchev–Trinajstić information content (AvgIpc) is 3.40. The lowest BCUT2D eigenvalue weighted by Gasteiger charge is -2.21. The molecule has 0 aliphatic carbocycles. The fourth-order valence-corrected chi connectivity index (χ4v) is 10.7. The maximum atomic E-state index is 12.9. The minimum absolute atomic E-state index is 0.100. The Morgan fingerprint density at radius 2 is 0.519 bits per heavy atom. The van der Waals surface area contributed by atoms with Crippen molar-refractivity contribution in [1.82, 2.24) is 0 Å². The molecule has 0 aliphatic rings. The number of phosphoric ester groups is 2. The third-order valence-electron chi connectivity index (χ3n) is 14.1. The van der Waals surface area contributed by atoms with Crippen molar-refractivity contribution < 1.29 is 80.2 Å². The van der Waals surface area contributed by atoms with Gasteiger partial charge in [-0.15, -0.1) is 0 Å². The Bertz CT molecular complexity index is 1630. The van der Waals surface area contributed by atoms with Crippen LogP contribution in [-0.4, -0.2) is 96.7 Å². The highest BCUT2D eigenvalue weighted by atomic mass is 31.2. The molecule has 0 aromatic rings. The third kappa shape index (κ3) is 56.9. The molecule has 0 heterocycles. The molecule has 0 fully saturated rings. The first-order valence-electron chi connectivity index (χ1n) is 32.2. The second kappa shape index (κ2) is 52.4.